The Bertz CT molecular complexity index is 2210. The third-order valence-corrected chi connectivity index (χ3v) is 9.25. The molecule has 0 saturated carbocycles. The van der Waals surface area contributed by atoms with Gasteiger partial charge in [-0.2, -0.15) is 0 Å². The van der Waals surface area contributed by atoms with Crippen LogP contribution in [0.15, 0.2) is 161 Å². The monoisotopic (exact) mass is 714 g/mol. The number of phenolic OH excluding ortho intramolecular Hbond substituents is 1. The van der Waals surface area contributed by atoms with Gasteiger partial charge in [0.2, 0.25) is 0 Å². The van der Waals surface area contributed by atoms with Crippen LogP contribution in [-0.4, -0.2) is 29.6 Å². The molecule has 0 aromatic heterocycles. The summed E-state index contributed by atoms with van der Waals surface area (Å²) in [4.78, 5) is 11.6. The van der Waals surface area contributed by atoms with Crippen molar-refractivity contribution in [2.75, 3.05) is 11.5 Å². The van der Waals surface area contributed by atoms with Crippen LogP contribution in [0.4, 0.5) is 11.4 Å². The molecule has 6 nitrogen and oxygen atoms in total. The molecule has 1 aliphatic heterocycles. The van der Waals surface area contributed by atoms with Crippen LogP contribution in [-0.2, 0) is 6.42 Å². The molecule has 54 heavy (non-hydrogen) atoms. The number of aromatic hydroxyl groups is 1. The first kappa shape index (κ1) is 38.9. The van der Waals surface area contributed by atoms with E-state index >= 15 is 0 Å². The fourth-order valence-electron chi connectivity index (χ4n) is 6.17. The van der Waals surface area contributed by atoms with Crippen LogP contribution in [0.2, 0.25) is 0 Å². The molecule has 6 heteroatoms. The van der Waals surface area contributed by atoms with E-state index in [9.17, 15) is 5.11 Å². The number of nitrogens with one attached hydrogen (secondary N) is 1. The Hall–Kier alpha value is -6.27. The first-order valence-corrected chi connectivity index (χ1v) is 18.5. The van der Waals surface area contributed by atoms with Crippen LogP contribution in [0.1, 0.15) is 68.4 Å². The number of anilines is 2. The molecule has 1 aliphatic rings. The minimum absolute atomic E-state index is 0.119. The maximum absolute atomic E-state index is 11.7. The van der Waals surface area contributed by atoms with Gasteiger partial charge in [-0.15, -0.1) is 0 Å². The van der Waals surface area contributed by atoms with E-state index in [2.05, 4.69) is 50.3 Å². The Morgan fingerprint density at radius 3 is 2.56 bits per heavy atom. The molecule has 0 radical (unpaired) electrons. The lowest BCUT2D eigenvalue weighted by atomic mass is 9.93. The molecule has 1 heterocycles. The Morgan fingerprint density at radius 2 is 1.76 bits per heavy atom. The summed E-state index contributed by atoms with van der Waals surface area (Å²) in [6, 6.07) is 26.4. The highest BCUT2D eigenvalue weighted by Crippen LogP contribution is 2.41. The van der Waals surface area contributed by atoms with Crippen molar-refractivity contribution in [3.63, 3.8) is 0 Å². The zero-order chi connectivity index (χ0) is 38.5. The average molecular weight is 715 g/mol. The second-order valence-corrected chi connectivity index (χ2v) is 13.0. The highest BCUT2D eigenvalue weighted by atomic mass is 16.5. The molecule has 5 rings (SSSR count). The molecule has 4 aromatic rings. The van der Waals surface area contributed by atoms with Gasteiger partial charge in [-0.25, -0.2) is 9.98 Å². The topological polar surface area (TPSA) is 81.3 Å². The number of hydrogen-bond acceptors (Lipinski definition) is 4. The first-order valence-electron chi connectivity index (χ1n) is 18.5. The number of ether oxygens (including phenoxy) is 1. The summed E-state index contributed by atoms with van der Waals surface area (Å²) in [7, 11) is 0. The smallest absolute Gasteiger partial charge is 0.161 e. The zero-order valence-electron chi connectivity index (χ0n) is 32.1. The molecule has 274 valence electrons. The molecule has 2 N–H and O–H groups in total. The predicted octanol–water partition coefficient (Wildman–Crippen LogP) is 12.1. The van der Waals surface area contributed by atoms with Crippen molar-refractivity contribution in [2.24, 2.45) is 9.98 Å². The predicted molar refractivity (Wildman–Crippen MR) is 229 cm³/mol. The average Bonchev–Trinajstić information content (AvgIpc) is 3.28. The summed E-state index contributed by atoms with van der Waals surface area (Å²) in [6.07, 6.45) is 24.3. The van der Waals surface area contributed by atoms with Gasteiger partial charge in [-0.1, -0.05) is 117 Å². The summed E-state index contributed by atoms with van der Waals surface area (Å²) in [6.45, 7) is 12.5. The lowest BCUT2D eigenvalue weighted by Crippen LogP contribution is -2.10. The van der Waals surface area contributed by atoms with Gasteiger partial charge in [0.1, 0.15) is 23.9 Å². The van der Waals surface area contributed by atoms with Gasteiger partial charge in [0.25, 0.3) is 0 Å². The van der Waals surface area contributed by atoms with Crippen molar-refractivity contribution in [2.45, 2.75) is 53.9 Å². The quantitative estimate of drug-likeness (QED) is 0.0975. The normalized spacial score (nSPS) is 16.3. The molecule has 1 atom stereocenters. The number of rotatable bonds is 10. The molecular weight excluding hydrogens is 665 g/mol. The Labute approximate surface area is 320 Å². The second-order valence-electron chi connectivity index (χ2n) is 13.0. The van der Waals surface area contributed by atoms with Gasteiger partial charge in [0, 0.05) is 40.7 Å². The van der Waals surface area contributed by atoms with Crippen LogP contribution in [0, 0.1) is 12.3 Å². The van der Waals surface area contributed by atoms with E-state index in [-0.39, 0.29) is 17.5 Å². The minimum atomic E-state index is 0.119. The molecule has 0 aliphatic carbocycles. The summed E-state index contributed by atoms with van der Waals surface area (Å²) in [5.74, 6) is 1.65. The number of fused-ring (bicyclic) bond motifs is 1. The highest BCUT2D eigenvalue weighted by Gasteiger charge is 2.18. The van der Waals surface area contributed by atoms with Gasteiger partial charge in [0.05, 0.1) is 5.69 Å². The number of phenols is 1. The van der Waals surface area contributed by atoms with Gasteiger partial charge in [-0.05, 0) is 98.4 Å². The van der Waals surface area contributed by atoms with Crippen LogP contribution in [0.3, 0.4) is 0 Å². The largest absolute Gasteiger partial charge is 0.505 e. The fraction of sp³-hybridized carbons (Fsp3) is 0.188. The standard InChI is InChI=1S/C48H50N4O2/c1-7-10-16-29-52(44-28-27-42(36(6)46(44)53)43-24-15-14-22-38(43)9-3)40-23-18-21-37(31-40)33-50-48(51-47(49)35(5)19-11-8-2)39-25-26-41-34(4)20-13-12-17-30-54-45(41)32-39/h7-8,10-29,31-34,49,53H,9,30H2,1-6H3/b10-7-,11-8-,17-12-,20-13-,29-16+,35-19+,49-47?,50-33+,51-48-/t34-/m1/s1. The van der Waals surface area contributed by atoms with Crippen molar-refractivity contribution >= 4 is 29.3 Å². The number of nitrogens with zero attached hydrogens (tertiary/aromatic N) is 3. The Balaban J connectivity index is 1.56. The SMILES string of the molecule is C/C=C\C=C\N(c1cccc(/C=N/C(=N\C(=N)/C(C)=C/C=C\C)c2ccc3c(c2)OC/C=C\C=C/[C@H]3C)c1)c1ccc(-c2ccccc2CC)c(C)c1O. The number of amidine groups is 2. The second kappa shape index (κ2) is 19.0. The van der Waals surface area contributed by atoms with E-state index in [1.54, 1.807) is 6.21 Å². The molecule has 0 fully saturated rings. The maximum Gasteiger partial charge on any atom is 0.161 e. The third-order valence-electron chi connectivity index (χ3n) is 9.25. The Kier molecular flexibility index (Phi) is 13.7. The first-order chi connectivity index (χ1) is 26.2. The van der Waals surface area contributed by atoms with Crippen molar-refractivity contribution in [1.82, 2.24) is 0 Å². The molecule has 0 bridgehead atoms. The minimum Gasteiger partial charge on any atom is -0.505 e. The number of allylic oxidation sites excluding steroid dienone is 9. The lowest BCUT2D eigenvalue weighted by Gasteiger charge is -2.24. The van der Waals surface area contributed by atoms with Crippen molar-refractivity contribution in [1.29, 1.82) is 5.41 Å². The van der Waals surface area contributed by atoms with Gasteiger partial charge >= 0.3 is 0 Å². The van der Waals surface area contributed by atoms with Crippen LogP contribution < -0.4 is 9.64 Å². The lowest BCUT2D eigenvalue weighted by molar-refractivity contribution is 0.358. The van der Waals surface area contributed by atoms with Crippen LogP contribution in [0.25, 0.3) is 11.1 Å². The van der Waals surface area contributed by atoms with Crippen molar-refractivity contribution < 1.29 is 9.84 Å². The molecule has 4 aromatic carbocycles. The van der Waals surface area contributed by atoms with E-state index < -0.39 is 0 Å². The van der Waals surface area contributed by atoms with Gasteiger partial charge < -0.3 is 14.7 Å². The molecular formula is C48H50N4O2. The fourth-order valence-corrected chi connectivity index (χ4v) is 6.17. The summed E-state index contributed by atoms with van der Waals surface area (Å²) in [5.41, 5.74) is 9.04. The zero-order valence-corrected chi connectivity index (χ0v) is 32.1. The molecule has 0 spiro atoms. The van der Waals surface area contributed by atoms with E-state index in [1.165, 1.54) is 5.56 Å². The van der Waals surface area contributed by atoms with E-state index in [0.29, 0.717) is 23.7 Å². The van der Waals surface area contributed by atoms with Crippen LogP contribution in [0.5, 0.6) is 11.5 Å². The Morgan fingerprint density at radius 1 is 0.944 bits per heavy atom. The molecule has 0 unspecified atom stereocenters. The number of aryl methyl sites for hydroxylation is 1. The van der Waals surface area contributed by atoms with Gasteiger partial charge in [-0.3, -0.25) is 5.41 Å². The van der Waals surface area contributed by atoms with Crippen LogP contribution >= 0.6 is 0 Å². The molecule has 0 saturated heterocycles. The number of benzene rings is 4. The maximum atomic E-state index is 11.7. The summed E-state index contributed by atoms with van der Waals surface area (Å²) in [5, 5.41) is 20.5. The third kappa shape index (κ3) is 9.58. The highest BCUT2D eigenvalue weighted by molar-refractivity contribution is 6.13. The number of aliphatic imine (C=N–C) groups is 2. The molecule has 0 amide bonds. The van der Waals surface area contributed by atoms with E-state index in [0.717, 1.165) is 51.2 Å². The van der Waals surface area contributed by atoms with E-state index in [1.807, 2.05) is 142 Å². The summed E-state index contributed by atoms with van der Waals surface area (Å²) < 4.78 is 6.18. The number of hydrogen-bond donors (Lipinski definition) is 2. The van der Waals surface area contributed by atoms with Gasteiger partial charge in [0.15, 0.2) is 5.84 Å². The van der Waals surface area contributed by atoms with Crippen molar-refractivity contribution in [3.8, 4) is 22.6 Å². The van der Waals surface area contributed by atoms with E-state index in [4.69, 9.17) is 20.1 Å². The summed E-state index contributed by atoms with van der Waals surface area (Å²) >= 11 is 0. The van der Waals surface area contributed by atoms with Crippen molar-refractivity contribution in [3.05, 3.63) is 179 Å².